The van der Waals surface area contributed by atoms with Gasteiger partial charge in [0.25, 0.3) is 0 Å². The minimum absolute atomic E-state index is 0.0144. The van der Waals surface area contributed by atoms with Crippen LogP contribution >= 0.6 is 0 Å². The van der Waals surface area contributed by atoms with Gasteiger partial charge in [-0.15, -0.1) is 0 Å². The molecule has 0 saturated heterocycles. The molecule has 5 unspecified atom stereocenters. The molecule has 0 aromatic carbocycles. The van der Waals surface area contributed by atoms with Crippen molar-refractivity contribution in [3.63, 3.8) is 0 Å². The van der Waals surface area contributed by atoms with Crippen molar-refractivity contribution < 1.29 is 30.6 Å². The van der Waals surface area contributed by atoms with Crippen molar-refractivity contribution in [1.29, 1.82) is 0 Å². The Kier molecular flexibility index (Phi) is 7.30. The fraction of sp³-hybridized carbons (Fsp3) is 1.00. The van der Waals surface area contributed by atoms with Crippen LogP contribution in [-0.2, 0) is 0 Å². The lowest BCUT2D eigenvalue weighted by Crippen LogP contribution is -2.63. The molecule has 4 saturated carbocycles. The first-order valence-corrected chi connectivity index (χ1v) is 13.9. The van der Waals surface area contributed by atoms with Gasteiger partial charge in [-0.05, 0) is 97.7 Å². The van der Waals surface area contributed by atoms with E-state index in [0.29, 0.717) is 37.0 Å². The van der Waals surface area contributed by atoms with E-state index in [0.717, 1.165) is 32.1 Å². The van der Waals surface area contributed by atoms with Gasteiger partial charge in [-0.25, -0.2) is 0 Å². The lowest BCUT2D eigenvalue weighted by atomic mass is 9.43. The van der Waals surface area contributed by atoms with Crippen molar-refractivity contribution in [2.75, 3.05) is 6.61 Å². The summed E-state index contributed by atoms with van der Waals surface area (Å²) in [5, 5.41) is 64.3. The first-order valence-electron chi connectivity index (χ1n) is 13.9. The summed E-state index contributed by atoms with van der Waals surface area (Å²) < 4.78 is 0. The number of rotatable bonds is 6. The van der Waals surface area contributed by atoms with Crippen molar-refractivity contribution in [2.45, 2.75) is 116 Å². The Morgan fingerprint density at radius 3 is 2.09 bits per heavy atom. The number of hydrogen-bond donors (Lipinski definition) is 6. The third kappa shape index (κ3) is 3.99. The van der Waals surface area contributed by atoms with Crippen molar-refractivity contribution in [3.05, 3.63) is 0 Å². The van der Waals surface area contributed by atoms with Crippen LogP contribution in [0, 0.1) is 52.3 Å². The molecule has 0 radical (unpaired) electrons. The van der Waals surface area contributed by atoms with Gasteiger partial charge < -0.3 is 30.6 Å². The lowest BCUT2D eigenvalue weighted by molar-refractivity contribution is -0.217. The Morgan fingerprint density at radius 1 is 0.853 bits per heavy atom. The Morgan fingerprint density at radius 2 is 1.47 bits per heavy atom. The SMILES string of the molecule is CC(C)[C@](O)(CO)CC[C@@H](C)C1C[C@@H](O)C2C3C[C@H](O)C4[C@@H](O)[C@@H](O)CC[C@]4(C)C3CC[C@]12C. The smallest absolute Gasteiger partial charge is 0.0900 e. The van der Waals surface area contributed by atoms with E-state index >= 15 is 0 Å². The van der Waals surface area contributed by atoms with Crippen LogP contribution in [0.25, 0.3) is 0 Å². The van der Waals surface area contributed by atoms with Crippen molar-refractivity contribution in [1.82, 2.24) is 0 Å². The molecule has 4 rings (SSSR count). The Balaban J connectivity index is 1.55. The molecule has 4 aliphatic carbocycles. The Bertz CT molecular complexity index is 730. The molecule has 198 valence electrons. The molecule has 0 spiro atoms. The first kappa shape index (κ1) is 26.8. The van der Waals surface area contributed by atoms with E-state index in [1.807, 2.05) is 13.8 Å². The summed E-state index contributed by atoms with van der Waals surface area (Å²) in [5.41, 5.74) is -1.31. The second kappa shape index (κ2) is 9.25. The van der Waals surface area contributed by atoms with Gasteiger partial charge in [0.05, 0.1) is 36.6 Å². The predicted molar refractivity (Wildman–Crippen MR) is 131 cm³/mol. The fourth-order valence-electron chi connectivity index (χ4n) is 9.61. The lowest BCUT2D eigenvalue weighted by Gasteiger charge is -2.63. The molecule has 6 N–H and O–H groups in total. The van der Waals surface area contributed by atoms with Crippen molar-refractivity contribution in [3.8, 4) is 0 Å². The van der Waals surface area contributed by atoms with Gasteiger partial charge in [0.2, 0.25) is 0 Å². The molecule has 6 nitrogen and oxygen atoms in total. The van der Waals surface area contributed by atoms with Crippen LogP contribution in [0.2, 0.25) is 0 Å². The minimum atomic E-state index is -1.06. The van der Waals surface area contributed by atoms with E-state index < -0.39 is 30.0 Å². The monoisotopic (exact) mass is 482 g/mol. The summed E-state index contributed by atoms with van der Waals surface area (Å²) in [6.45, 7) is 10.4. The zero-order valence-electron chi connectivity index (χ0n) is 21.9. The first-order chi connectivity index (χ1) is 15.8. The van der Waals surface area contributed by atoms with Crippen LogP contribution in [0.5, 0.6) is 0 Å². The van der Waals surface area contributed by atoms with E-state index in [-0.39, 0.29) is 41.1 Å². The molecule has 0 heterocycles. The summed E-state index contributed by atoms with van der Waals surface area (Å²) in [6.07, 6.45) is 3.44. The maximum atomic E-state index is 11.4. The van der Waals surface area contributed by atoms with E-state index in [4.69, 9.17) is 0 Å². The molecule has 0 bridgehead atoms. The molecule has 0 amide bonds. The maximum absolute atomic E-state index is 11.4. The second-order valence-corrected chi connectivity index (χ2v) is 13.6. The summed E-state index contributed by atoms with van der Waals surface area (Å²) in [5.74, 6) is 1.02. The number of fused-ring (bicyclic) bond motifs is 5. The highest BCUT2D eigenvalue weighted by Crippen LogP contribution is 2.68. The van der Waals surface area contributed by atoms with Crippen LogP contribution < -0.4 is 0 Å². The Labute approximate surface area is 205 Å². The zero-order chi connectivity index (χ0) is 25.2. The molecule has 0 aromatic heterocycles. The van der Waals surface area contributed by atoms with Gasteiger partial charge in [0.1, 0.15) is 0 Å². The van der Waals surface area contributed by atoms with Gasteiger partial charge >= 0.3 is 0 Å². The third-order valence-electron chi connectivity index (χ3n) is 11.8. The minimum Gasteiger partial charge on any atom is -0.393 e. The number of aliphatic hydroxyl groups excluding tert-OH is 5. The van der Waals surface area contributed by atoms with Crippen LogP contribution in [0.1, 0.15) is 86.0 Å². The highest BCUT2D eigenvalue weighted by Gasteiger charge is 2.66. The van der Waals surface area contributed by atoms with Crippen LogP contribution in [0.4, 0.5) is 0 Å². The average Bonchev–Trinajstić information content (AvgIpc) is 3.05. The highest BCUT2D eigenvalue weighted by atomic mass is 16.3. The molecule has 34 heavy (non-hydrogen) atoms. The van der Waals surface area contributed by atoms with Gasteiger partial charge in [0, 0.05) is 5.92 Å². The van der Waals surface area contributed by atoms with Gasteiger partial charge in [-0.2, -0.15) is 0 Å². The standard InChI is InChI=1S/C28H50O6/c1-15(2)28(34,14-29)11-6-16(3)19-13-22(32)23-17-12-21(31)24-25(33)20(30)8-10-26(24,4)18(17)7-9-27(19,23)5/h15-25,29-34H,6-14H2,1-5H3/t16-,17?,18?,19?,20+,21+,22-,23?,24?,25+,26-,27-,28-/m1/s1. The molecule has 0 aliphatic heterocycles. The molecule has 13 atom stereocenters. The third-order valence-corrected chi connectivity index (χ3v) is 11.8. The van der Waals surface area contributed by atoms with Crippen LogP contribution in [0.3, 0.4) is 0 Å². The molecule has 4 aliphatic rings. The summed E-state index contributed by atoms with van der Waals surface area (Å²) >= 11 is 0. The molecule has 6 heteroatoms. The summed E-state index contributed by atoms with van der Waals surface area (Å²) in [6, 6.07) is 0. The highest BCUT2D eigenvalue weighted by molar-refractivity contribution is 5.14. The summed E-state index contributed by atoms with van der Waals surface area (Å²) in [4.78, 5) is 0. The number of hydrogen-bond acceptors (Lipinski definition) is 6. The predicted octanol–water partition coefficient (Wildman–Crippen LogP) is 2.71. The van der Waals surface area contributed by atoms with E-state index in [9.17, 15) is 30.6 Å². The second-order valence-electron chi connectivity index (χ2n) is 13.6. The van der Waals surface area contributed by atoms with Gasteiger partial charge in [-0.1, -0.05) is 34.6 Å². The molecule has 0 aromatic rings. The van der Waals surface area contributed by atoms with E-state index in [1.165, 1.54) is 0 Å². The van der Waals surface area contributed by atoms with Crippen molar-refractivity contribution in [2.24, 2.45) is 52.3 Å². The van der Waals surface area contributed by atoms with Gasteiger partial charge in [-0.3, -0.25) is 0 Å². The molecular weight excluding hydrogens is 432 g/mol. The Hall–Kier alpha value is -0.240. The van der Waals surface area contributed by atoms with Gasteiger partial charge in [0.15, 0.2) is 0 Å². The largest absolute Gasteiger partial charge is 0.393 e. The quantitative estimate of drug-likeness (QED) is 0.346. The van der Waals surface area contributed by atoms with E-state index in [1.54, 1.807) is 0 Å². The normalized spacial score (nSPS) is 51.4. The fourth-order valence-corrected chi connectivity index (χ4v) is 9.61. The number of aliphatic hydroxyl groups is 6. The van der Waals surface area contributed by atoms with Crippen LogP contribution in [0.15, 0.2) is 0 Å². The maximum Gasteiger partial charge on any atom is 0.0900 e. The zero-order valence-corrected chi connectivity index (χ0v) is 21.9. The topological polar surface area (TPSA) is 121 Å². The molecular formula is C28H50O6. The van der Waals surface area contributed by atoms with E-state index in [2.05, 4.69) is 20.8 Å². The van der Waals surface area contributed by atoms with Crippen molar-refractivity contribution >= 4 is 0 Å². The van der Waals surface area contributed by atoms with Crippen LogP contribution in [-0.4, -0.2) is 67.3 Å². The molecule has 4 fully saturated rings. The summed E-state index contributed by atoms with van der Waals surface area (Å²) in [7, 11) is 0. The average molecular weight is 483 g/mol.